The molecule has 1 aromatic heterocycles. The Kier molecular flexibility index (Phi) is 3.41. The van der Waals surface area contributed by atoms with Crippen molar-refractivity contribution in [2.24, 2.45) is 0 Å². The molecule has 86 valence electrons. The average Bonchev–Trinajstić information content (AvgIpc) is 2.29. The lowest BCUT2D eigenvalue weighted by Crippen LogP contribution is -2.06. The number of halogens is 3. The van der Waals surface area contributed by atoms with Crippen LogP contribution < -0.4 is 0 Å². The van der Waals surface area contributed by atoms with Gasteiger partial charge in [0, 0.05) is 6.20 Å². The van der Waals surface area contributed by atoms with E-state index in [0.29, 0.717) is 0 Å². The summed E-state index contributed by atoms with van der Waals surface area (Å²) >= 11 is 11.8. The molecule has 2 rings (SSSR count). The number of hydrogen-bond acceptors (Lipinski definition) is 2. The fraction of sp³-hybridized carbons (Fsp3) is 0. The molecule has 0 spiro atoms. The number of benzene rings is 1. The fourth-order valence-corrected chi connectivity index (χ4v) is 1.98. The fourth-order valence-electron chi connectivity index (χ4n) is 1.41. The van der Waals surface area contributed by atoms with Crippen LogP contribution in [-0.2, 0) is 0 Å². The number of pyridine rings is 1. The van der Waals surface area contributed by atoms with E-state index in [9.17, 15) is 9.18 Å². The van der Waals surface area contributed by atoms with Gasteiger partial charge in [0.2, 0.25) is 0 Å². The van der Waals surface area contributed by atoms with Crippen LogP contribution in [0.2, 0.25) is 10.0 Å². The lowest BCUT2D eigenvalue weighted by molar-refractivity contribution is 0.103. The maximum absolute atomic E-state index is 13.4. The van der Waals surface area contributed by atoms with E-state index < -0.39 is 11.6 Å². The Bertz CT molecular complexity index is 566. The number of ketones is 1. The molecule has 5 heteroatoms. The van der Waals surface area contributed by atoms with Gasteiger partial charge in [-0.05, 0) is 18.2 Å². The Hall–Kier alpha value is -1.45. The van der Waals surface area contributed by atoms with E-state index in [-0.39, 0.29) is 21.2 Å². The summed E-state index contributed by atoms with van der Waals surface area (Å²) in [5, 5.41) is 0.387. The Balaban J connectivity index is 2.56. The van der Waals surface area contributed by atoms with Gasteiger partial charge in [-0.2, -0.15) is 0 Å². The predicted molar refractivity (Wildman–Crippen MR) is 64.1 cm³/mol. The third-order valence-corrected chi connectivity index (χ3v) is 2.84. The first kappa shape index (κ1) is 12.0. The van der Waals surface area contributed by atoms with Crippen molar-refractivity contribution in [3.63, 3.8) is 0 Å². The van der Waals surface area contributed by atoms with Crippen molar-refractivity contribution in [1.29, 1.82) is 0 Å². The van der Waals surface area contributed by atoms with E-state index in [2.05, 4.69) is 4.98 Å². The molecular weight excluding hydrogens is 264 g/mol. The SMILES string of the molecule is O=C(c1ccncc1F)c1c(Cl)cccc1Cl. The maximum atomic E-state index is 13.4. The first-order valence-corrected chi connectivity index (χ1v) is 5.45. The van der Waals surface area contributed by atoms with Crippen molar-refractivity contribution in [1.82, 2.24) is 4.98 Å². The van der Waals surface area contributed by atoms with Gasteiger partial charge in [0.15, 0.2) is 11.6 Å². The molecule has 0 atom stereocenters. The van der Waals surface area contributed by atoms with Crippen molar-refractivity contribution in [2.45, 2.75) is 0 Å². The Morgan fingerprint density at radius 2 is 1.82 bits per heavy atom. The summed E-state index contributed by atoms with van der Waals surface area (Å²) in [6.07, 6.45) is 2.30. The van der Waals surface area contributed by atoms with Gasteiger partial charge in [0.1, 0.15) is 0 Å². The van der Waals surface area contributed by atoms with E-state index in [0.717, 1.165) is 6.20 Å². The van der Waals surface area contributed by atoms with Crippen molar-refractivity contribution in [3.8, 4) is 0 Å². The van der Waals surface area contributed by atoms with E-state index in [1.54, 1.807) is 6.07 Å². The van der Waals surface area contributed by atoms with E-state index in [4.69, 9.17) is 23.2 Å². The number of aromatic nitrogens is 1. The molecule has 1 aromatic carbocycles. The lowest BCUT2D eigenvalue weighted by atomic mass is 10.0. The average molecular weight is 270 g/mol. The summed E-state index contributed by atoms with van der Waals surface area (Å²) in [6.45, 7) is 0. The molecule has 17 heavy (non-hydrogen) atoms. The van der Waals surface area contributed by atoms with Gasteiger partial charge in [0.25, 0.3) is 0 Å². The predicted octanol–water partition coefficient (Wildman–Crippen LogP) is 3.76. The first-order chi connectivity index (χ1) is 8.11. The van der Waals surface area contributed by atoms with E-state index in [1.165, 1.54) is 24.4 Å². The van der Waals surface area contributed by atoms with Crippen molar-refractivity contribution < 1.29 is 9.18 Å². The highest BCUT2D eigenvalue weighted by Gasteiger charge is 2.19. The topological polar surface area (TPSA) is 30.0 Å². The van der Waals surface area contributed by atoms with Crippen LogP contribution in [-0.4, -0.2) is 10.8 Å². The van der Waals surface area contributed by atoms with Crippen LogP contribution in [0.25, 0.3) is 0 Å². The molecule has 0 bridgehead atoms. The Morgan fingerprint density at radius 1 is 1.18 bits per heavy atom. The van der Waals surface area contributed by atoms with Gasteiger partial charge in [-0.1, -0.05) is 29.3 Å². The highest BCUT2D eigenvalue weighted by Crippen LogP contribution is 2.27. The zero-order chi connectivity index (χ0) is 12.4. The van der Waals surface area contributed by atoms with Crippen LogP contribution in [0.1, 0.15) is 15.9 Å². The quantitative estimate of drug-likeness (QED) is 0.778. The van der Waals surface area contributed by atoms with E-state index >= 15 is 0 Å². The van der Waals surface area contributed by atoms with Crippen molar-refractivity contribution >= 4 is 29.0 Å². The highest BCUT2D eigenvalue weighted by molar-refractivity contribution is 6.41. The normalized spacial score (nSPS) is 10.3. The number of rotatable bonds is 2. The molecule has 2 nitrogen and oxygen atoms in total. The molecular formula is C12H6Cl2FNO. The van der Waals surface area contributed by atoms with Crippen LogP contribution in [0.5, 0.6) is 0 Å². The van der Waals surface area contributed by atoms with Crippen LogP contribution in [0, 0.1) is 5.82 Å². The number of carbonyl (C=O) groups is 1. The van der Waals surface area contributed by atoms with Crippen LogP contribution in [0.4, 0.5) is 4.39 Å². The number of hydrogen-bond donors (Lipinski definition) is 0. The molecule has 2 aromatic rings. The van der Waals surface area contributed by atoms with Crippen molar-refractivity contribution in [2.75, 3.05) is 0 Å². The standard InChI is InChI=1S/C12H6Cl2FNO/c13-8-2-1-3-9(14)11(8)12(17)7-4-5-16-6-10(7)15/h1-6H. The molecule has 0 aliphatic carbocycles. The molecule has 0 unspecified atom stereocenters. The summed E-state index contributed by atoms with van der Waals surface area (Å²) < 4.78 is 13.4. The molecule has 0 fully saturated rings. The summed E-state index contributed by atoms with van der Waals surface area (Å²) in [5.41, 5.74) is -0.00377. The molecule has 1 heterocycles. The Labute approximate surface area is 107 Å². The van der Waals surface area contributed by atoms with Gasteiger partial charge >= 0.3 is 0 Å². The monoisotopic (exact) mass is 269 g/mol. The smallest absolute Gasteiger partial charge is 0.199 e. The lowest BCUT2D eigenvalue weighted by Gasteiger charge is -2.06. The molecule has 0 saturated carbocycles. The minimum absolute atomic E-state index is 0.0981. The largest absolute Gasteiger partial charge is 0.288 e. The molecule has 0 radical (unpaired) electrons. The van der Waals surface area contributed by atoms with Gasteiger partial charge in [-0.3, -0.25) is 9.78 Å². The van der Waals surface area contributed by atoms with Gasteiger partial charge in [0.05, 0.1) is 27.4 Å². The second-order valence-corrected chi connectivity index (χ2v) is 4.10. The highest BCUT2D eigenvalue weighted by atomic mass is 35.5. The second kappa shape index (κ2) is 4.82. The van der Waals surface area contributed by atoms with Crippen LogP contribution in [0.3, 0.4) is 0 Å². The van der Waals surface area contributed by atoms with Gasteiger partial charge in [-0.25, -0.2) is 4.39 Å². The third-order valence-electron chi connectivity index (χ3n) is 2.21. The maximum Gasteiger partial charge on any atom is 0.199 e. The van der Waals surface area contributed by atoms with Gasteiger partial charge in [-0.15, -0.1) is 0 Å². The molecule has 0 saturated heterocycles. The zero-order valence-corrected chi connectivity index (χ0v) is 9.97. The summed E-state index contributed by atoms with van der Waals surface area (Å²) in [5.74, 6) is -1.26. The summed E-state index contributed by atoms with van der Waals surface area (Å²) in [4.78, 5) is 15.6. The first-order valence-electron chi connectivity index (χ1n) is 4.69. The zero-order valence-electron chi connectivity index (χ0n) is 8.45. The molecule has 0 aliphatic rings. The number of carbonyl (C=O) groups excluding carboxylic acids is 1. The molecule has 0 aliphatic heterocycles. The third kappa shape index (κ3) is 2.30. The number of nitrogens with zero attached hydrogens (tertiary/aromatic N) is 1. The minimum atomic E-state index is -0.700. The van der Waals surface area contributed by atoms with Crippen molar-refractivity contribution in [3.05, 3.63) is 63.6 Å². The Morgan fingerprint density at radius 3 is 2.41 bits per heavy atom. The van der Waals surface area contributed by atoms with Gasteiger partial charge < -0.3 is 0 Å². The van der Waals surface area contributed by atoms with Crippen LogP contribution >= 0.6 is 23.2 Å². The van der Waals surface area contributed by atoms with E-state index in [1.807, 2.05) is 0 Å². The molecule has 0 N–H and O–H groups in total. The minimum Gasteiger partial charge on any atom is -0.288 e. The summed E-state index contributed by atoms with van der Waals surface area (Å²) in [6, 6.07) is 5.96. The van der Waals surface area contributed by atoms with Crippen LogP contribution in [0.15, 0.2) is 36.7 Å². The molecule has 0 amide bonds. The second-order valence-electron chi connectivity index (χ2n) is 3.28. The summed E-state index contributed by atoms with van der Waals surface area (Å²) in [7, 11) is 0.